The molecule has 0 saturated heterocycles. The predicted octanol–water partition coefficient (Wildman–Crippen LogP) is 4.88. The van der Waals surface area contributed by atoms with Crippen LogP contribution in [-0.2, 0) is 4.74 Å². The van der Waals surface area contributed by atoms with Crippen LogP contribution in [0.3, 0.4) is 0 Å². The minimum Gasteiger partial charge on any atom is -0.463 e. The molecule has 0 radical (unpaired) electrons. The van der Waals surface area contributed by atoms with Gasteiger partial charge >= 0.3 is 6.09 Å². The van der Waals surface area contributed by atoms with Crippen LogP contribution in [0.4, 0.5) is 16.2 Å². The Morgan fingerprint density at radius 2 is 1.85 bits per heavy atom. The zero-order valence-electron chi connectivity index (χ0n) is 18.8. The number of fused-ring (bicyclic) bond motifs is 1. The van der Waals surface area contributed by atoms with Gasteiger partial charge in [0.15, 0.2) is 0 Å². The molecule has 4 rings (SSSR count). The summed E-state index contributed by atoms with van der Waals surface area (Å²) in [4.78, 5) is 32.2. The van der Waals surface area contributed by atoms with Gasteiger partial charge in [0.05, 0.1) is 23.4 Å². The summed E-state index contributed by atoms with van der Waals surface area (Å²) >= 11 is 1.60. The predicted molar refractivity (Wildman–Crippen MR) is 135 cm³/mol. The van der Waals surface area contributed by atoms with Gasteiger partial charge in [0, 0.05) is 42.8 Å². The molecule has 0 fully saturated rings. The van der Waals surface area contributed by atoms with Gasteiger partial charge in [-0.25, -0.2) is 4.79 Å². The van der Waals surface area contributed by atoms with E-state index in [0.29, 0.717) is 12.3 Å². The van der Waals surface area contributed by atoms with Crippen LogP contribution in [0, 0.1) is 0 Å². The number of nitrogens with one attached hydrogen (secondary N) is 1. The van der Waals surface area contributed by atoms with E-state index in [1.807, 2.05) is 54.9 Å². The van der Waals surface area contributed by atoms with E-state index in [9.17, 15) is 14.7 Å². The lowest BCUT2D eigenvalue weighted by Gasteiger charge is -2.20. The van der Waals surface area contributed by atoms with Crippen molar-refractivity contribution in [3.63, 3.8) is 0 Å². The number of hydrazine groups is 1. The van der Waals surface area contributed by atoms with Crippen molar-refractivity contribution in [1.82, 2.24) is 10.4 Å². The number of nitrogens with zero attached hydrogens (tertiary/aromatic N) is 3. The smallest absolute Gasteiger partial charge is 0.431 e. The maximum atomic E-state index is 12.8. The van der Waals surface area contributed by atoms with Crippen molar-refractivity contribution in [2.45, 2.75) is 0 Å². The number of benzene rings is 2. The number of ether oxygens (including phenoxy) is 1. The number of likely N-dealkylation sites (N-methyl/N-ethyl adjacent to an activating group) is 1. The first kappa shape index (κ1) is 23.2. The first-order valence-corrected chi connectivity index (χ1v) is 11.4. The lowest BCUT2D eigenvalue weighted by Crippen LogP contribution is -2.45. The number of carbonyl (C=O) groups is 2. The largest absolute Gasteiger partial charge is 0.463 e. The summed E-state index contributed by atoms with van der Waals surface area (Å²) in [7, 11) is 3.63. The minimum atomic E-state index is -1.30. The lowest BCUT2D eigenvalue weighted by atomic mass is 10.1. The molecule has 0 saturated carbocycles. The van der Waals surface area contributed by atoms with Crippen molar-refractivity contribution < 1.29 is 19.4 Å². The summed E-state index contributed by atoms with van der Waals surface area (Å²) in [5, 5.41) is 13.2. The SMILES string of the molecule is COCCN(C)c1ccc2cc(C(=O)NN(C(=O)O)c3ccc(-c4cccs4)cc3)cnc2c1. The van der Waals surface area contributed by atoms with Crippen LogP contribution in [0.1, 0.15) is 10.4 Å². The molecule has 34 heavy (non-hydrogen) atoms. The molecular weight excluding hydrogens is 452 g/mol. The van der Waals surface area contributed by atoms with Crippen LogP contribution in [0.5, 0.6) is 0 Å². The molecule has 2 heterocycles. The van der Waals surface area contributed by atoms with Crippen LogP contribution < -0.4 is 15.3 Å². The van der Waals surface area contributed by atoms with Gasteiger partial charge in [-0.15, -0.1) is 11.3 Å². The molecule has 0 spiro atoms. The third-order valence-electron chi connectivity index (χ3n) is 5.34. The molecule has 2 amide bonds. The highest BCUT2D eigenvalue weighted by atomic mass is 32.1. The normalized spacial score (nSPS) is 10.8. The molecule has 0 unspecified atom stereocenters. The van der Waals surface area contributed by atoms with E-state index >= 15 is 0 Å². The molecule has 174 valence electrons. The molecule has 9 heteroatoms. The van der Waals surface area contributed by atoms with Crippen molar-refractivity contribution in [1.29, 1.82) is 0 Å². The van der Waals surface area contributed by atoms with Gasteiger partial charge in [-0.05, 0) is 47.3 Å². The quantitative estimate of drug-likeness (QED) is 0.369. The average Bonchev–Trinajstić information content (AvgIpc) is 3.40. The van der Waals surface area contributed by atoms with Crippen molar-refractivity contribution in [2.24, 2.45) is 0 Å². The highest BCUT2D eigenvalue weighted by Crippen LogP contribution is 2.27. The Morgan fingerprint density at radius 3 is 2.53 bits per heavy atom. The summed E-state index contributed by atoms with van der Waals surface area (Å²) < 4.78 is 5.12. The summed E-state index contributed by atoms with van der Waals surface area (Å²) in [6, 6.07) is 18.4. The maximum absolute atomic E-state index is 12.8. The van der Waals surface area contributed by atoms with E-state index in [1.165, 1.54) is 6.20 Å². The summed E-state index contributed by atoms with van der Waals surface area (Å²) in [5.74, 6) is -0.569. The molecule has 0 atom stereocenters. The van der Waals surface area contributed by atoms with E-state index in [2.05, 4.69) is 15.3 Å². The van der Waals surface area contributed by atoms with Crippen molar-refractivity contribution in [3.8, 4) is 10.4 Å². The average molecular weight is 477 g/mol. The number of amides is 2. The van der Waals surface area contributed by atoms with Gasteiger partial charge in [0.25, 0.3) is 5.91 Å². The summed E-state index contributed by atoms with van der Waals surface area (Å²) in [6.45, 7) is 1.35. The Bertz CT molecular complexity index is 1290. The number of hydrogen-bond acceptors (Lipinski definition) is 6. The van der Waals surface area contributed by atoms with Crippen LogP contribution >= 0.6 is 11.3 Å². The summed E-state index contributed by atoms with van der Waals surface area (Å²) in [6.07, 6.45) is 0.144. The van der Waals surface area contributed by atoms with Gasteiger partial charge < -0.3 is 14.7 Å². The zero-order valence-corrected chi connectivity index (χ0v) is 19.6. The van der Waals surface area contributed by atoms with Crippen LogP contribution in [0.2, 0.25) is 0 Å². The van der Waals surface area contributed by atoms with E-state index in [-0.39, 0.29) is 5.56 Å². The third kappa shape index (κ3) is 5.16. The molecule has 2 aromatic carbocycles. The number of rotatable bonds is 7. The molecule has 2 N–H and O–H groups in total. The Kier molecular flexibility index (Phi) is 7.05. The first-order chi connectivity index (χ1) is 16.5. The van der Waals surface area contributed by atoms with Crippen LogP contribution in [-0.4, -0.2) is 49.4 Å². The highest BCUT2D eigenvalue weighted by Gasteiger charge is 2.19. The fourth-order valence-corrected chi connectivity index (χ4v) is 4.17. The Balaban J connectivity index is 1.51. The van der Waals surface area contributed by atoms with Gasteiger partial charge in [0.1, 0.15) is 0 Å². The zero-order chi connectivity index (χ0) is 24.1. The second kappa shape index (κ2) is 10.3. The fraction of sp³-hybridized carbons (Fsp3) is 0.160. The van der Waals surface area contributed by atoms with Crippen LogP contribution in [0.15, 0.2) is 72.2 Å². The first-order valence-electron chi connectivity index (χ1n) is 10.5. The molecule has 0 bridgehead atoms. The van der Waals surface area contributed by atoms with Gasteiger partial charge in [-0.3, -0.25) is 15.2 Å². The molecule has 0 aliphatic rings. The van der Waals surface area contributed by atoms with E-state index < -0.39 is 12.0 Å². The molecule has 4 aromatic rings. The monoisotopic (exact) mass is 476 g/mol. The topological polar surface area (TPSA) is 95.0 Å². The third-order valence-corrected chi connectivity index (χ3v) is 6.26. The Labute approximate surface area is 201 Å². The van der Waals surface area contributed by atoms with Gasteiger partial charge in [-0.1, -0.05) is 24.3 Å². The number of carbonyl (C=O) groups excluding carboxylic acids is 1. The number of hydrogen-bond donors (Lipinski definition) is 2. The Hall–Kier alpha value is -3.95. The number of pyridine rings is 1. The fourth-order valence-electron chi connectivity index (χ4n) is 3.44. The van der Waals surface area contributed by atoms with E-state index in [0.717, 1.165) is 38.6 Å². The van der Waals surface area contributed by atoms with E-state index in [1.54, 1.807) is 36.6 Å². The van der Waals surface area contributed by atoms with Crippen molar-refractivity contribution in [3.05, 3.63) is 77.8 Å². The standard InChI is InChI=1S/C25H24N4O4S/c1-28(11-12-33-2)21-10-7-18-14-19(16-26-22(18)15-21)24(30)27-29(25(31)32)20-8-5-17(6-9-20)23-4-3-13-34-23/h3-10,13-16H,11-12H2,1-2H3,(H,27,30)(H,31,32). The second-order valence-corrected chi connectivity index (χ2v) is 8.55. The van der Waals surface area contributed by atoms with E-state index in [4.69, 9.17) is 4.74 Å². The number of thiophene rings is 1. The number of anilines is 2. The molecular formula is C25H24N4O4S. The molecule has 8 nitrogen and oxygen atoms in total. The number of aromatic nitrogens is 1. The Morgan fingerprint density at radius 1 is 1.09 bits per heavy atom. The van der Waals surface area contributed by atoms with Crippen LogP contribution in [0.25, 0.3) is 21.3 Å². The van der Waals surface area contributed by atoms with Crippen molar-refractivity contribution in [2.75, 3.05) is 37.2 Å². The minimum absolute atomic E-state index is 0.259. The number of carboxylic acid groups (broad SMARTS) is 1. The maximum Gasteiger partial charge on any atom is 0.431 e. The molecule has 0 aliphatic heterocycles. The summed E-state index contributed by atoms with van der Waals surface area (Å²) in [5.41, 5.74) is 5.74. The number of methoxy groups -OCH3 is 1. The molecule has 2 aromatic heterocycles. The van der Waals surface area contributed by atoms with Gasteiger partial charge in [0.2, 0.25) is 0 Å². The lowest BCUT2D eigenvalue weighted by molar-refractivity contribution is 0.0944. The second-order valence-electron chi connectivity index (χ2n) is 7.60. The molecule has 0 aliphatic carbocycles. The van der Waals surface area contributed by atoms with Crippen molar-refractivity contribution >= 4 is 45.6 Å². The highest BCUT2D eigenvalue weighted by molar-refractivity contribution is 7.13. The van der Waals surface area contributed by atoms with Gasteiger partial charge in [-0.2, -0.15) is 5.01 Å².